The fourth-order valence-corrected chi connectivity index (χ4v) is 3.07. The molecule has 28 heavy (non-hydrogen) atoms. The van der Waals surface area contributed by atoms with Crippen LogP contribution in [0.25, 0.3) is 0 Å². The van der Waals surface area contributed by atoms with Gasteiger partial charge < -0.3 is 10.1 Å². The number of benzene rings is 2. The van der Waals surface area contributed by atoms with Crippen molar-refractivity contribution >= 4 is 27.3 Å². The molecule has 0 aliphatic rings. The van der Waals surface area contributed by atoms with Gasteiger partial charge in [-0.25, -0.2) is 8.42 Å². The molecule has 1 N–H and O–H groups in total. The molecule has 0 fully saturated rings. The van der Waals surface area contributed by atoms with Crippen LogP contribution in [0.1, 0.15) is 32.3 Å². The van der Waals surface area contributed by atoms with Crippen molar-refractivity contribution in [3.63, 3.8) is 0 Å². The maximum Gasteiger partial charge on any atom is 0.265 e. The zero-order chi connectivity index (χ0) is 20.7. The van der Waals surface area contributed by atoms with Gasteiger partial charge in [0.05, 0.1) is 11.9 Å². The van der Waals surface area contributed by atoms with Crippen LogP contribution < -0.4 is 14.4 Å². The summed E-state index contributed by atoms with van der Waals surface area (Å²) in [5.41, 5.74) is 2.50. The quantitative estimate of drug-likeness (QED) is 0.689. The highest BCUT2D eigenvalue weighted by molar-refractivity contribution is 7.92. The number of carbonyl (C=O) groups excluding carboxylic acids is 1. The topological polar surface area (TPSA) is 75.7 Å². The molecular weight excluding hydrogens is 376 g/mol. The first-order chi connectivity index (χ1) is 13.2. The highest BCUT2D eigenvalue weighted by Gasteiger charge is 2.16. The Kier molecular flexibility index (Phi) is 7.45. The molecule has 0 aromatic heterocycles. The van der Waals surface area contributed by atoms with Gasteiger partial charge in [-0.2, -0.15) is 0 Å². The Bertz CT molecular complexity index is 878. The number of carbonyl (C=O) groups is 1. The molecule has 1 atom stereocenters. The summed E-state index contributed by atoms with van der Waals surface area (Å²) in [6, 6.07) is 14.4. The minimum atomic E-state index is -3.32. The van der Waals surface area contributed by atoms with Crippen LogP contribution in [0.5, 0.6) is 5.75 Å². The Morgan fingerprint density at radius 2 is 1.71 bits per heavy atom. The number of aryl methyl sites for hydroxylation is 1. The van der Waals surface area contributed by atoms with Crippen LogP contribution in [-0.2, 0) is 21.2 Å². The first-order valence-corrected chi connectivity index (χ1v) is 11.2. The molecule has 7 heteroatoms. The Morgan fingerprint density at radius 3 is 2.25 bits per heavy atom. The van der Waals surface area contributed by atoms with E-state index in [4.69, 9.17) is 4.74 Å². The predicted octanol–water partition coefficient (Wildman–Crippen LogP) is 3.83. The number of anilines is 2. The molecule has 0 spiro atoms. The number of hydrogen-bond acceptors (Lipinski definition) is 4. The fourth-order valence-electron chi connectivity index (χ4n) is 2.56. The normalized spacial score (nSPS) is 12.3. The van der Waals surface area contributed by atoms with E-state index in [1.165, 1.54) is 16.9 Å². The Morgan fingerprint density at radius 1 is 1.11 bits per heavy atom. The molecule has 2 rings (SSSR count). The first-order valence-electron chi connectivity index (χ1n) is 9.31. The van der Waals surface area contributed by atoms with Crippen LogP contribution in [0.15, 0.2) is 48.5 Å². The number of amides is 1. The van der Waals surface area contributed by atoms with Crippen LogP contribution in [0.2, 0.25) is 0 Å². The smallest absolute Gasteiger partial charge is 0.265 e. The third kappa shape index (κ3) is 6.27. The van der Waals surface area contributed by atoms with E-state index < -0.39 is 16.1 Å². The van der Waals surface area contributed by atoms with E-state index in [0.29, 0.717) is 11.4 Å². The maximum atomic E-state index is 12.4. The van der Waals surface area contributed by atoms with Crippen molar-refractivity contribution in [3.8, 4) is 5.75 Å². The van der Waals surface area contributed by atoms with Gasteiger partial charge in [0.1, 0.15) is 5.75 Å². The zero-order valence-corrected chi connectivity index (χ0v) is 17.6. The molecule has 2 aromatic carbocycles. The monoisotopic (exact) mass is 404 g/mol. The molecule has 6 nitrogen and oxygen atoms in total. The van der Waals surface area contributed by atoms with Crippen molar-refractivity contribution in [2.45, 2.75) is 39.2 Å². The summed E-state index contributed by atoms with van der Waals surface area (Å²) in [7, 11) is -1.84. The van der Waals surface area contributed by atoms with Crippen molar-refractivity contribution in [1.82, 2.24) is 0 Å². The molecule has 1 amide bonds. The van der Waals surface area contributed by atoms with E-state index >= 15 is 0 Å². The van der Waals surface area contributed by atoms with Gasteiger partial charge in [0.25, 0.3) is 5.91 Å². The lowest BCUT2D eigenvalue weighted by Gasteiger charge is -2.18. The number of nitrogens with one attached hydrogen (secondary N) is 1. The van der Waals surface area contributed by atoms with Gasteiger partial charge in [-0.3, -0.25) is 9.10 Å². The third-order valence-electron chi connectivity index (χ3n) is 4.42. The lowest BCUT2D eigenvalue weighted by Crippen LogP contribution is -2.30. The summed E-state index contributed by atoms with van der Waals surface area (Å²) in [5.74, 6) is 0.238. The number of sulfonamides is 1. The largest absolute Gasteiger partial charge is 0.481 e. The number of unbranched alkanes of at least 4 members (excludes halogenated alkanes) is 1. The number of hydrogen-bond donors (Lipinski definition) is 1. The summed E-state index contributed by atoms with van der Waals surface area (Å²) in [6.07, 6.45) is 3.78. The summed E-state index contributed by atoms with van der Waals surface area (Å²) >= 11 is 0. The SMILES string of the molecule is CCCCc1ccc(NC(=O)[C@H](C)Oc2ccc(N(C)S(C)(=O)=O)cc2)cc1. The lowest BCUT2D eigenvalue weighted by atomic mass is 10.1. The maximum absolute atomic E-state index is 12.4. The molecule has 0 aliphatic carbocycles. The van der Waals surface area contributed by atoms with Crippen molar-refractivity contribution in [2.75, 3.05) is 22.9 Å². The van der Waals surface area contributed by atoms with Crippen LogP contribution in [0, 0.1) is 0 Å². The van der Waals surface area contributed by atoms with E-state index in [2.05, 4.69) is 12.2 Å². The number of rotatable bonds is 9. The van der Waals surface area contributed by atoms with E-state index in [0.717, 1.165) is 31.2 Å². The van der Waals surface area contributed by atoms with Crippen LogP contribution in [-0.4, -0.2) is 33.7 Å². The van der Waals surface area contributed by atoms with Crippen molar-refractivity contribution in [2.24, 2.45) is 0 Å². The van der Waals surface area contributed by atoms with E-state index in [-0.39, 0.29) is 5.91 Å². The highest BCUT2D eigenvalue weighted by Crippen LogP contribution is 2.21. The minimum Gasteiger partial charge on any atom is -0.481 e. The first kappa shape index (κ1) is 21.8. The second-order valence-corrected chi connectivity index (χ2v) is 8.79. The molecule has 2 aromatic rings. The molecular formula is C21H28N2O4S. The number of ether oxygens (including phenoxy) is 1. The van der Waals surface area contributed by atoms with Crippen LogP contribution in [0.4, 0.5) is 11.4 Å². The fraction of sp³-hybridized carbons (Fsp3) is 0.381. The average Bonchev–Trinajstić information content (AvgIpc) is 2.66. The standard InChI is InChI=1S/C21H28N2O4S/c1-5-6-7-17-8-10-18(11-9-17)22-21(24)16(2)27-20-14-12-19(13-15-20)23(3)28(4,25)26/h8-16H,5-7H2,1-4H3,(H,22,24)/t16-/m0/s1. The molecule has 0 saturated heterocycles. The van der Waals surface area contributed by atoms with Gasteiger partial charge in [-0.05, 0) is 61.7 Å². The molecule has 0 heterocycles. The van der Waals surface area contributed by atoms with E-state index in [9.17, 15) is 13.2 Å². The molecule has 0 unspecified atom stereocenters. The predicted molar refractivity (Wildman–Crippen MR) is 113 cm³/mol. The Balaban J connectivity index is 1.93. The Labute approximate surface area is 167 Å². The molecule has 0 saturated carbocycles. The molecule has 152 valence electrons. The number of nitrogens with zero attached hydrogens (tertiary/aromatic N) is 1. The highest BCUT2D eigenvalue weighted by atomic mass is 32.2. The molecule has 0 bridgehead atoms. The minimum absolute atomic E-state index is 0.251. The van der Waals surface area contributed by atoms with Gasteiger partial charge in [0.15, 0.2) is 6.10 Å². The summed E-state index contributed by atoms with van der Waals surface area (Å²) in [6.45, 7) is 3.83. The Hall–Kier alpha value is -2.54. The summed E-state index contributed by atoms with van der Waals surface area (Å²) < 4.78 is 30.0. The van der Waals surface area contributed by atoms with Gasteiger partial charge in [-0.15, -0.1) is 0 Å². The molecule has 0 radical (unpaired) electrons. The average molecular weight is 405 g/mol. The van der Waals surface area contributed by atoms with Gasteiger partial charge in [0.2, 0.25) is 10.0 Å². The third-order valence-corrected chi connectivity index (χ3v) is 5.63. The molecule has 0 aliphatic heterocycles. The zero-order valence-electron chi connectivity index (χ0n) is 16.8. The van der Waals surface area contributed by atoms with Crippen molar-refractivity contribution < 1.29 is 17.9 Å². The van der Waals surface area contributed by atoms with Gasteiger partial charge in [0, 0.05) is 12.7 Å². The van der Waals surface area contributed by atoms with Gasteiger partial charge in [-0.1, -0.05) is 25.5 Å². The second-order valence-electron chi connectivity index (χ2n) is 6.77. The summed E-state index contributed by atoms with van der Waals surface area (Å²) in [5, 5.41) is 2.84. The van der Waals surface area contributed by atoms with E-state index in [1.54, 1.807) is 31.2 Å². The summed E-state index contributed by atoms with van der Waals surface area (Å²) in [4.78, 5) is 12.4. The lowest BCUT2D eigenvalue weighted by molar-refractivity contribution is -0.122. The van der Waals surface area contributed by atoms with Crippen LogP contribution in [0.3, 0.4) is 0 Å². The van der Waals surface area contributed by atoms with Crippen LogP contribution >= 0.6 is 0 Å². The van der Waals surface area contributed by atoms with E-state index in [1.807, 2.05) is 24.3 Å². The van der Waals surface area contributed by atoms with Crippen molar-refractivity contribution in [1.29, 1.82) is 0 Å². The van der Waals surface area contributed by atoms with Crippen molar-refractivity contribution in [3.05, 3.63) is 54.1 Å². The van der Waals surface area contributed by atoms with Gasteiger partial charge >= 0.3 is 0 Å². The second kappa shape index (κ2) is 9.59.